The van der Waals surface area contributed by atoms with Gasteiger partial charge in [0.2, 0.25) is 5.91 Å². The lowest BCUT2D eigenvalue weighted by molar-refractivity contribution is -0.118. The Morgan fingerprint density at radius 2 is 2.17 bits per heavy atom. The average molecular weight is 330 g/mol. The standard InChI is InChI=1S/C12H12BrNO3S/c13-7-1-4-9(12(16)17)10(5-7)18-6-11(15)14-8-2-3-8/h1,4-5,8H,2-3,6H2,(H,14,15)(H,16,17). The first-order valence-corrected chi connectivity index (χ1v) is 7.29. The zero-order chi connectivity index (χ0) is 13.1. The maximum Gasteiger partial charge on any atom is 0.336 e. The molecule has 0 unspecified atom stereocenters. The van der Waals surface area contributed by atoms with Crippen molar-refractivity contribution in [2.45, 2.75) is 23.8 Å². The number of benzene rings is 1. The Kier molecular flexibility index (Phi) is 4.29. The second kappa shape index (κ2) is 5.75. The summed E-state index contributed by atoms with van der Waals surface area (Å²) in [5.41, 5.74) is 0.224. The smallest absolute Gasteiger partial charge is 0.336 e. The highest BCUT2D eigenvalue weighted by molar-refractivity contribution is 9.10. The van der Waals surface area contributed by atoms with Gasteiger partial charge < -0.3 is 10.4 Å². The maximum absolute atomic E-state index is 11.5. The predicted molar refractivity (Wildman–Crippen MR) is 73.0 cm³/mol. The molecule has 1 amide bonds. The van der Waals surface area contributed by atoms with Crippen LogP contribution in [0.15, 0.2) is 27.6 Å². The zero-order valence-electron chi connectivity index (χ0n) is 9.48. The van der Waals surface area contributed by atoms with Crippen molar-refractivity contribution in [1.82, 2.24) is 5.32 Å². The molecule has 96 valence electrons. The average Bonchev–Trinajstić information content (AvgIpc) is 3.10. The molecule has 1 fully saturated rings. The van der Waals surface area contributed by atoms with E-state index in [9.17, 15) is 9.59 Å². The monoisotopic (exact) mass is 329 g/mol. The van der Waals surface area contributed by atoms with E-state index >= 15 is 0 Å². The van der Waals surface area contributed by atoms with Crippen molar-refractivity contribution in [2.24, 2.45) is 0 Å². The topological polar surface area (TPSA) is 66.4 Å². The molecule has 0 bridgehead atoms. The summed E-state index contributed by atoms with van der Waals surface area (Å²) in [6.07, 6.45) is 2.10. The van der Waals surface area contributed by atoms with Gasteiger partial charge in [-0.3, -0.25) is 4.79 Å². The Labute approximate surface area is 117 Å². The summed E-state index contributed by atoms with van der Waals surface area (Å²) >= 11 is 4.54. The molecule has 1 aliphatic carbocycles. The number of carboxylic acid groups (broad SMARTS) is 1. The number of carbonyl (C=O) groups excluding carboxylic acids is 1. The molecular formula is C12H12BrNO3S. The Morgan fingerprint density at radius 3 is 2.78 bits per heavy atom. The molecule has 0 heterocycles. The first-order valence-electron chi connectivity index (χ1n) is 5.51. The van der Waals surface area contributed by atoms with E-state index in [1.54, 1.807) is 12.1 Å². The fourth-order valence-electron chi connectivity index (χ4n) is 1.43. The minimum Gasteiger partial charge on any atom is -0.478 e. The molecule has 0 aromatic heterocycles. The number of carbonyl (C=O) groups is 2. The summed E-state index contributed by atoms with van der Waals surface area (Å²) in [5.74, 6) is -0.779. The van der Waals surface area contributed by atoms with Crippen LogP contribution >= 0.6 is 27.7 Å². The highest BCUT2D eigenvalue weighted by atomic mass is 79.9. The lowest BCUT2D eigenvalue weighted by Gasteiger charge is -2.07. The van der Waals surface area contributed by atoms with E-state index in [1.165, 1.54) is 17.8 Å². The second-order valence-electron chi connectivity index (χ2n) is 4.08. The SMILES string of the molecule is O=C(CSc1cc(Br)ccc1C(=O)O)NC1CC1. The number of hydrogen-bond donors (Lipinski definition) is 2. The number of rotatable bonds is 5. The Balaban J connectivity index is 2.00. The molecule has 0 spiro atoms. The minimum atomic E-state index is -0.979. The van der Waals surface area contributed by atoms with E-state index in [-0.39, 0.29) is 17.2 Å². The molecule has 1 aromatic carbocycles. The van der Waals surface area contributed by atoms with Crippen LogP contribution in [-0.2, 0) is 4.79 Å². The fraction of sp³-hybridized carbons (Fsp3) is 0.333. The molecule has 6 heteroatoms. The number of thioether (sulfide) groups is 1. The van der Waals surface area contributed by atoms with Crippen LogP contribution in [0.2, 0.25) is 0 Å². The third kappa shape index (κ3) is 3.74. The van der Waals surface area contributed by atoms with Crippen LogP contribution < -0.4 is 5.32 Å². The Hall–Kier alpha value is -1.01. The van der Waals surface area contributed by atoms with Crippen molar-refractivity contribution >= 4 is 39.6 Å². The lowest BCUT2D eigenvalue weighted by Crippen LogP contribution is -2.27. The zero-order valence-corrected chi connectivity index (χ0v) is 11.9. The van der Waals surface area contributed by atoms with Gasteiger partial charge in [-0.2, -0.15) is 0 Å². The summed E-state index contributed by atoms with van der Waals surface area (Å²) in [5, 5.41) is 11.9. The molecule has 0 radical (unpaired) electrons. The van der Waals surface area contributed by atoms with Crippen molar-refractivity contribution in [3.63, 3.8) is 0 Å². The van der Waals surface area contributed by atoms with Crippen LogP contribution in [0.4, 0.5) is 0 Å². The Morgan fingerprint density at radius 1 is 1.44 bits per heavy atom. The van der Waals surface area contributed by atoms with Gasteiger partial charge in [0.1, 0.15) is 0 Å². The van der Waals surface area contributed by atoms with Gasteiger partial charge in [-0.05, 0) is 31.0 Å². The van der Waals surface area contributed by atoms with Crippen molar-refractivity contribution < 1.29 is 14.7 Å². The van der Waals surface area contributed by atoms with E-state index in [1.807, 2.05) is 0 Å². The highest BCUT2D eigenvalue weighted by Crippen LogP contribution is 2.27. The third-order valence-corrected chi connectivity index (χ3v) is 4.02. The van der Waals surface area contributed by atoms with Gasteiger partial charge >= 0.3 is 5.97 Å². The van der Waals surface area contributed by atoms with E-state index < -0.39 is 5.97 Å². The number of amides is 1. The molecule has 1 saturated carbocycles. The molecule has 0 aliphatic heterocycles. The van der Waals surface area contributed by atoms with E-state index in [2.05, 4.69) is 21.2 Å². The first-order chi connectivity index (χ1) is 8.56. The van der Waals surface area contributed by atoms with Gasteiger partial charge in [-0.15, -0.1) is 11.8 Å². The highest BCUT2D eigenvalue weighted by Gasteiger charge is 2.23. The van der Waals surface area contributed by atoms with Gasteiger partial charge in [0, 0.05) is 15.4 Å². The van der Waals surface area contributed by atoms with Gasteiger partial charge in [-0.25, -0.2) is 4.79 Å². The van der Waals surface area contributed by atoms with E-state index in [4.69, 9.17) is 5.11 Å². The summed E-state index contributed by atoms with van der Waals surface area (Å²) < 4.78 is 0.803. The molecule has 0 saturated heterocycles. The maximum atomic E-state index is 11.5. The van der Waals surface area contributed by atoms with Crippen LogP contribution in [0.1, 0.15) is 23.2 Å². The van der Waals surface area contributed by atoms with Gasteiger partial charge in [-0.1, -0.05) is 15.9 Å². The molecule has 1 aromatic rings. The van der Waals surface area contributed by atoms with E-state index in [0.717, 1.165) is 17.3 Å². The predicted octanol–water partition coefficient (Wildman–Crippen LogP) is 2.52. The van der Waals surface area contributed by atoms with Crippen LogP contribution in [-0.4, -0.2) is 28.8 Å². The third-order valence-electron chi connectivity index (χ3n) is 2.48. The molecule has 2 N–H and O–H groups in total. The van der Waals surface area contributed by atoms with Crippen molar-refractivity contribution in [2.75, 3.05) is 5.75 Å². The number of nitrogens with one attached hydrogen (secondary N) is 1. The normalized spacial score (nSPS) is 14.3. The Bertz CT molecular complexity index is 488. The summed E-state index contributed by atoms with van der Waals surface area (Å²) in [6, 6.07) is 5.27. The van der Waals surface area contributed by atoms with Gasteiger partial charge in [0.15, 0.2) is 0 Å². The molecule has 2 rings (SSSR count). The first kappa shape index (κ1) is 13.4. The van der Waals surface area contributed by atoms with Crippen molar-refractivity contribution in [3.05, 3.63) is 28.2 Å². The number of carboxylic acids is 1. The fourth-order valence-corrected chi connectivity index (χ4v) is 2.84. The molecule has 4 nitrogen and oxygen atoms in total. The van der Waals surface area contributed by atoms with Crippen molar-refractivity contribution in [3.8, 4) is 0 Å². The van der Waals surface area contributed by atoms with Crippen LogP contribution in [0, 0.1) is 0 Å². The second-order valence-corrected chi connectivity index (χ2v) is 6.01. The van der Waals surface area contributed by atoms with E-state index in [0.29, 0.717) is 10.9 Å². The molecule has 0 atom stereocenters. The summed E-state index contributed by atoms with van der Waals surface area (Å²) in [6.45, 7) is 0. The number of hydrogen-bond acceptors (Lipinski definition) is 3. The summed E-state index contributed by atoms with van der Waals surface area (Å²) in [7, 11) is 0. The van der Waals surface area contributed by atoms with Crippen LogP contribution in [0.25, 0.3) is 0 Å². The molecule has 1 aliphatic rings. The summed E-state index contributed by atoms with van der Waals surface area (Å²) in [4.78, 5) is 23.2. The van der Waals surface area contributed by atoms with Gasteiger partial charge in [0.05, 0.1) is 11.3 Å². The lowest BCUT2D eigenvalue weighted by atomic mass is 10.2. The number of aromatic carboxylic acids is 1. The minimum absolute atomic E-state index is 0.0428. The van der Waals surface area contributed by atoms with Crippen LogP contribution in [0.5, 0.6) is 0 Å². The largest absolute Gasteiger partial charge is 0.478 e. The number of halogens is 1. The molecule has 18 heavy (non-hydrogen) atoms. The van der Waals surface area contributed by atoms with Crippen LogP contribution in [0.3, 0.4) is 0 Å². The quantitative estimate of drug-likeness (QED) is 0.814. The van der Waals surface area contributed by atoms with Gasteiger partial charge in [0.25, 0.3) is 0 Å². The van der Waals surface area contributed by atoms with Crippen molar-refractivity contribution in [1.29, 1.82) is 0 Å². The molecular weight excluding hydrogens is 318 g/mol.